The van der Waals surface area contributed by atoms with Crippen molar-refractivity contribution >= 4 is 11.9 Å². The molecule has 0 unspecified atom stereocenters. The fraction of sp³-hybridized carbons (Fsp3) is 0.429. The van der Waals surface area contributed by atoms with Gasteiger partial charge < -0.3 is 10.5 Å². The van der Waals surface area contributed by atoms with E-state index in [0.717, 1.165) is 12.0 Å². The van der Waals surface area contributed by atoms with Gasteiger partial charge in [0, 0.05) is 6.54 Å². The Morgan fingerprint density at radius 1 is 1.37 bits per heavy atom. The lowest BCUT2D eigenvalue weighted by Gasteiger charge is -2.29. The molecule has 2 atom stereocenters. The molecular weight excluding hydrogens is 244 g/mol. The summed E-state index contributed by atoms with van der Waals surface area (Å²) in [5, 5.41) is 0. The minimum absolute atomic E-state index is 0.362. The number of benzene rings is 1. The molecule has 0 aliphatic carbocycles. The summed E-state index contributed by atoms with van der Waals surface area (Å²) in [7, 11) is 1.35. The summed E-state index contributed by atoms with van der Waals surface area (Å²) >= 11 is 0. The molecule has 0 saturated carbocycles. The van der Waals surface area contributed by atoms with Crippen LogP contribution < -0.4 is 5.73 Å². The first-order chi connectivity index (χ1) is 9.15. The average molecular weight is 262 g/mol. The predicted octanol–water partition coefficient (Wildman–Crippen LogP) is 0.850. The molecule has 0 spiro atoms. The summed E-state index contributed by atoms with van der Waals surface area (Å²) in [5.41, 5.74) is 6.23. The van der Waals surface area contributed by atoms with Crippen LogP contribution in [0.5, 0.6) is 0 Å². The molecule has 2 N–H and O–H groups in total. The molecule has 5 heteroatoms. The van der Waals surface area contributed by atoms with Crippen LogP contribution in [0.3, 0.4) is 0 Å². The van der Waals surface area contributed by atoms with E-state index in [0.29, 0.717) is 13.0 Å². The van der Waals surface area contributed by atoms with E-state index in [2.05, 4.69) is 0 Å². The fourth-order valence-corrected chi connectivity index (χ4v) is 2.61. The second kappa shape index (κ2) is 5.84. The maximum Gasteiger partial charge on any atom is 0.327 e. The fourth-order valence-electron chi connectivity index (χ4n) is 2.61. The highest BCUT2D eigenvalue weighted by atomic mass is 16.5. The van der Waals surface area contributed by atoms with Crippen molar-refractivity contribution in [1.82, 2.24) is 4.90 Å². The smallest absolute Gasteiger partial charge is 0.327 e. The standard InChI is InChI=1S/C14H18N2O3/c1-19-14(18)12(10-6-3-2-4-7-10)16-9-5-8-11(16)13(15)17/h2-4,6-7,11-12H,5,8-9H2,1H3,(H2,15,17)/t11-,12+/m0/s1. The van der Waals surface area contributed by atoms with Crippen molar-refractivity contribution in [3.63, 3.8) is 0 Å². The van der Waals surface area contributed by atoms with Gasteiger partial charge in [0.2, 0.25) is 5.91 Å². The van der Waals surface area contributed by atoms with Crippen LogP contribution in [0.2, 0.25) is 0 Å². The summed E-state index contributed by atoms with van der Waals surface area (Å²) in [4.78, 5) is 25.4. The lowest BCUT2D eigenvalue weighted by Crippen LogP contribution is -2.45. The number of hydrogen-bond acceptors (Lipinski definition) is 4. The molecule has 2 rings (SSSR count). The Balaban J connectivity index is 2.33. The van der Waals surface area contributed by atoms with E-state index in [1.807, 2.05) is 35.2 Å². The third-order valence-corrected chi connectivity index (χ3v) is 3.49. The molecule has 1 amide bonds. The molecule has 1 aliphatic heterocycles. The van der Waals surface area contributed by atoms with E-state index < -0.39 is 12.1 Å². The van der Waals surface area contributed by atoms with Crippen LogP contribution in [0, 0.1) is 0 Å². The van der Waals surface area contributed by atoms with Gasteiger partial charge in [0.25, 0.3) is 0 Å². The van der Waals surface area contributed by atoms with Gasteiger partial charge in [0.1, 0.15) is 6.04 Å². The molecule has 1 aromatic rings. The number of likely N-dealkylation sites (tertiary alicyclic amines) is 1. The second-order valence-corrected chi connectivity index (χ2v) is 4.63. The van der Waals surface area contributed by atoms with Gasteiger partial charge in [-0.2, -0.15) is 0 Å². The Bertz CT molecular complexity index is 461. The predicted molar refractivity (Wildman–Crippen MR) is 70.1 cm³/mol. The minimum atomic E-state index is -0.564. The summed E-state index contributed by atoms with van der Waals surface area (Å²) in [5.74, 6) is -0.748. The van der Waals surface area contributed by atoms with Crippen molar-refractivity contribution in [2.75, 3.05) is 13.7 Å². The molecule has 19 heavy (non-hydrogen) atoms. The average Bonchev–Trinajstić information content (AvgIpc) is 2.89. The number of carbonyl (C=O) groups excluding carboxylic acids is 2. The molecule has 0 bridgehead atoms. The molecule has 1 heterocycles. The van der Waals surface area contributed by atoms with Gasteiger partial charge >= 0.3 is 5.97 Å². The van der Waals surface area contributed by atoms with Crippen molar-refractivity contribution in [3.05, 3.63) is 35.9 Å². The molecule has 5 nitrogen and oxygen atoms in total. The highest BCUT2D eigenvalue weighted by Crippen LogP contribution is 2.30. The summed E-state index contributed by atoms with van der Waals surface area (Å²) < 4.78 is 4.87. The summed E-state index contributed by atoms with van der Waals surface area (Å²) in [6.45, 7) is 0.669. The van der Waals surface area contributed by atoms with E-state index >= 15 is 0 Å². The zero-order valence-electron chi connectivity index (χ0n) is 10.9. The van der Waals surface area contributed by atoms with E-state index in [1.165, 1.54) is 7.11 Å². The number of methoxy groups -OCH3 is 1. The van der Waals surface area contributed by atoms with Crippen LogP contribution in [0.1, 0.15) is 24.4 Å². The van der Waals surface area contributed by atoms with E-state index in [4.69, 9.17) is 10.5 Å². The highest BCUT2D eigenvalue weighted by molar-refractivity contribution is 5.83. The molecule has 1 aromatic carbocycles. The molecule has 0 aromatic heterocycles. The highest BCUT2D eigenvalue weighted by Gasteiger charge is 2.38. The first-order valence-electron chi connectivity index (χ1n) is 6.33. The monoisotopic (exact) mass is 262 g/mol. The maximum absolute atomic E-state index is 12.1. The number of hydrogen-bond donors (Lipinski definition) is 1. The SMILES string of the molecule is COC(=O)[C@@H](c1ccccc1)N1CCC[C@H]1C(N)=O. The van der Waals surface area contributed by atoms with Crippen molar-refractivity contribution in [2.24, 2.45) is 5.73 Å². The molecule has 0 radical (unpaired) electrons. The largest absolute Gasteiger partial charge is 0.468 e. The van der Waals surface area contributed by atoms with Gasteiger partial charge in [-0.15, -0.1) is 0 Å². The number of esters is 1. The number of amides is 1. The number of rotatable bonds is 4. The van der Waals surface area contributed by atoms with Crippen molar-refractivity contribution in [1.29, 1.82) is 0 Å². The third kappa shape index (κ3) is 2.76. The third-order valence-electron chi connectivity index (χ3n) is 3.49. The number of carbonyl (C=O) groups is 2. The Morgan fingerprint density at radius 3 is 2.63 bits per heavy atom. The number of primary amides is 1. The van der Waals surface area contributed by atoms with Crippen LogP contribution >= 0.6 is 0 Å². The van der Waals surface area contributed by atoms with Gasteiger partial charge in [-0.3, -0.25) is 9.69 Å². The van der Waals surface area contributed by atoms with E-state index in [1.54, 1.807) is 0 Å². The van der Waals surface area contributed by atoms with Crippen LogP contribution in [0.4, 0.5) is 0 Å². The zero-order valence-corrected chi connectivity index (χ0v) is 10.9. The van der Waals surface area contributed by atoms with Gasteiger partial charge in [0.05, 0.1) is 13.2 Å². The lowest BCUT2D eigenvalue weighted by molar-refractivity contribution is -0.148. The number of nitrogens with two attached hydrogens (primary N) is 1. The first-order valence-corrected chi connectivity index (χ1v) is 6.33. The van der Waals surface area contributed by atoms with Crippen LogP contribution in [-0.4, -0.2) is 36.5 Å². The Labute approximate surface area is 112 Å². The van der Waals surface area contributed by atoms with Gasteiger partial charge in [-0.1, -0.05) is 30.3 Å². The number of nitrogens with zero attached hydrogens (tertiary/aromatic N) is 1. The molecular formula is C14H18N2O3. The van der Waals surface area contributed by atoms with Crippen molar-refractivity contribution < 1.29 is 14.3 Å². The summed E-state index contributed by atoms with van der Waals surface area (Å²) in [6, 6.07) is 8.36. The second-order valence-electron chi connectivity index (χ2n) is 4.63. The van der Waals surface area contributed by atoms with E-state index in [9.17, 15) is 9.59 Å². The van der Waals surface area contributed by atoms with Crippen LogP contribution in [0.15, 0.2) is 30.3 Å². The molecule has 1 aliphatic rings. The maximum atomic E-state index is 12.1. The normalized spacial score (nSPS) is 21.0. The van der Waals surface area contributed by atoms with Gasteiger partial charge in [-0.25, -0.2) is 4.79 Å². The Morgan fingerprint density at radius 2 is 2.05 bits per heavy atom. The van der Waals surface area contributed by atoms with Crippen LogP contribution in [0.25, 0.3) is 0 Å². The Kier molecular flexibility index (Phi) is 4.16. The lowest BCUT2D eigenvalue weighted by atomic mass is 10.0. The first kappa shape index (κ1) is 13.5. The quantitative estimate of drug-likeness (QED) is 0.816. The number of ether oxygens (including phenoxy) is 1. The molecule has 102 valence electrons. The topological polar surface area (TPSA) is 72.6 Å². The summed E-state index contributed by atoms with van der Waals surface area (Å²) in [6.07, 6.45) is 1.55. The van der Waals surface area contributed by atoms with Gasteiger partial charge in [-0.05, 0) is 18.4 Å². The Hall–Kier alpha value is -1.88. The van der Waals surface area contributed by atoms with Crippen molar-refractivity contribution in [3.8, 4) is 0 Å². The molecule has 1 saturated heterocycles. The van der Waals surface area contributed by atoms with Crippen LogP contribution in [-0.2, 0) is 14.3 Å². The minimum Gasteiger partial charge on any atom is -0.468 e. The van der Waals surface area contributed by atoms with Crippen molar-refractivity contribution in [2.45, 2.75) is 24.9 Å². The zero-order chi connectivity index (χ0) is 13.8. The van der Waals surface area contributed by atoms with E-state index in [-0.39, 0.29) is 11.9 Å². The van der Waals surface area contributed by atoms with Gasteiger partial charge in [0.15, 0.2) is 0 Å². The molecule has 1 fully saturated rings.